The van der Waals surface area contributed by atoms with Gasteiger partial charge in [-0.3, -0.25) is 4.68 Å². The van der Waals surface area contributed by atoms with E-state index in [9.17, 15) is 9.90 Å². The minimum atomic E-state index is -0.370. The van der Waals surface area contributed by atoms with Gasteiger partial charge in [0.05, 0.1) is 30.9 Å². The summed E-state index contributed by atoms with van der Waals surface area (Å²) in [6.07, 6.45) is 1.71. The molecule has 5 nitrogen and oxygen atoms in total. The van der Waals surface area contributed by atoms with E-state index in [4.69, 9.17) is 4.74 Å². The van der Waals surface area contributed by atoms with Gasteiger partial charge in [-0.25, -0.2) is 4.79 Å². The molecule has 6 heteroatoms. The van der Waals surface area contributed by atoms with Crippen molar-refractivity contribution in [3.05, 3.63) is 58.2 Å². The van der Waals surface area contributed by atoms with Crippen molar-refractivity contribution in [2.75, 3.05) is 7.11 Å². The lowest BCUT2D eigenvalue weighted by Gasteiger charge is -2.07. The van der Waals surface area contributed by atoms with Gasteiger partial charge >= 0.3 is 5.97 Å². The molecule has 1 aromatic heterocycles. The van der Waals surface area contributed by atoms with Crippen LogP contribution in [0.1, 0.15) is 15.9 Å². The van der Waals surface area contributed by atoms with Gasteiger partial charge in [-0.05, 0) is 42.0 Å². The number of benzene rings is 2. The number of ether oxygens (including phenoxy) is 1. The van der Waals surface area contributed by atoms with Crippen molar-refractivity contribution in [3.8, 4) is 5.75 Å². The number of methoxy groups -OCH3 is 1. The molecule has 1 heterocycles. The molecule has 0 aliphatic heterocycles. The highest BCUT2D eigenvalue weighted by Crippen LogP contribution is 2.24. The Hall–Kier alpha value is -2.34. The third kappa shape index (κ3) is 2.69. The van der Waals surface area contributed by atoms with Crippen LogP contribution in [-0.4, -0.2) is 28.0 Å². The molecule has 0 spiro atoms. The molecule has 112 valence electrons. The highest BCUT2D eigenvalue weighted by atomic mass is 79.9. The number of rotatable bonds is 3. The van der Waals surface area contributed by atoms with Crippen molar-refractivity contribution in [1.29, 1.82) is 0 Å². The van der Waals surface area contributed by atoms with Crippen molar-refractivity contribution < 1.29 is 14.6 Å². The van der Waals surface area contributed by atoms with E-state index in [2.05, 4.69) is 21.0 Å². The van der Waals surface area contributed by atoms with E-state index in [-0.39, 0.29) is 11.7 Å². The van der Waals surface area contributed by atoms with Crippen LogP contribution in [0.3, 0.4) is 0 Å². The number of carbonyl (C=O) groups is 1. The summed E-state index contributed by atoms with van der Waals surface area (Å²) in [7, 11) is 1.36. The van der Waals surface area contributed by atoms with Crippen LogP contribution >= 0.6 is 15.9 Å². The summed E-state index contributed by atoms with van der Waals surface area (Å²) in [5, 5.41) is 14.8. The molecule has 0 aliphatic rings. The first-order valence-corrected chi connectivity index (χ1v) is 7.39. The molecule has 0 aliphatic carbocycles. The Morgan fingerprint density at radius 3 is 2.91 bits per heavy atom. The molecule has 0 atom stereocenters. The molecule has 0 unspecified atom stereocenters. The smallest absolute Gasteiger partial charge is 0.337 e. The monoisotopic (exact) mass is 360 g/mol. The van der Waals surface area contributed by atoms with Crippen LogP contribution in [0.4, 0.5) is 0 Å². The predicted molar refractivity (Wildman–Crippen MR) is 86.0 cm³/mol. The average molecular weight is 361 g/mol. The number of hydrogen-bond acceptors (Lipinski definition) is 4. The van der Waals surface area contributed by atoms with Gasteiger partial charge in [-0.1, -0.05) is 15.9 Å². The van der Waals surface area contributed by atoms with Crippen molar-refractivity contribution in [2.24, 2.45) is 0 Å². The third-order valence-corrected chi connectivity index (χ3v) is 4.19. The van der Waals surface area contributed by atoms with E-state index in [1.165, 1.54) is 7.11 Å². The zero-order valence-corrected chi connectivity index (χ0v) is 13.4. The molecule has 3 rings (SSSR count). The van der Waals surface area contributed by atoms with Gasteiger partial charge < -0.3 is 9.84 Å². The Kier molecular flexibility index (Phi) is 3.85. The van der Waals surface area contributed by atoms with Crippen LogP contribution in [0.15, 0.2) is 47.1 Å². The van der Waals surface area contributed by atoms with Gasteiger partial charge in [0.1, 0.15) is 5.75 Å². The van der Waals surface area contributed by atoms with Crippen molar-refractivity contribution in [2.45, 2.75) is 6.54 Å². The van der Waals surface area contributed by atoms with Crippen LogP contribution in [0.2, 0.25) is 0 Å². The number of carbonyl (C=O) groups excluding carboxylic acids is 1. The van der Waals surface area contributed by atoms with Gasteiger partial charge in [0, 0.05) is 9.86 Å². The number of aromatic hydroxyl groups is 1. The largest absolute Gasteiger partial charge is 0.508 e. The van der Waals surface area contributed by atoms with Gasteiger partial charge in [0.2, 0.25) is 0 Å². The molecule has 0 radical (unpaired) electrons. The van der Waals surface area contributed by atoms with Crippen molar-refractivity contribution in [1.82, 2.24) is 9.78 Å². The molecule has 3 aromatic rings. The quantitative estimate of drug-likeness (QED) is 0.727. The molecular formula is C16H13BrN2O3. The number of esters is 1. The fraction of sp³-hybridized carbons (Fsp3) is 0.125. The minimum Gasteiger partial charge on any atom is -0.508 e. The maximum absolute atomic E-state index is 11.6. The summed E-state index contributed by atoms with van der Waals surface area (Å²) in [5.74, 6) is -0.159. The molecule has 0 fully saturated rings. The predicted octanol–water partition coefficient (Wildman–Crippen LogP) is 3.34. The van der Waals surface area contributed by atoms with Crippen LogP contribution in [0, 0.1) is 0 Å². The molecular weight excluding hydrogens is 348 g/mol. The van der Waals surface area contributed by atoms with Crippen LogP contribution in [0.25, 0.3) is 10.9 Å². The average Bonchev–Trinajstić information content (AvgIpc) is 2.92. The standard InChI is InChI=1S/C16H13BrN2O3/c1-22-16(21)10-2-5-15-11(6-10)8-18-19(15)9-12-7-13(20)3-4-14(12)17/h2-8,20H,9H2,1H3. The van der Waals surface area contributed by atoms with E-state index < -0.39 is 0 Å². The van der Waals surface area contributed by atoms with E-state index >= 15 is 0 Å². The van der Waals surface area contributed by atoms with Crippen LogP contribution < -0.4 is 0 Å². The van der Waals surface area contributed by atoms with Gasteiger partial charge in [-0.2, -0.15) is 5.10 Å². The van der Waals surface area contributed by atoms with Crippen LogP contribution in [-0.2, 0) is 11.3 Å². The molecule has 0 bridgehead atoms. The fourth-order valence-corrected chi connectivity index (χ4v) is 2.67. The summed E-state index contributed by atoms with van der Waals surface area (Å²) in [6.45, 7) is 0.510. The lowest BCUT2D eigenvalue weighted by molar-refractivity contribution is 0.0601. The Labute approximate surface area is 135 Å². The fourth-order valence-electron chi connectivity index (χ4n) is 2.30. The third-order valence-electron chi connectivity index (χ3n) is 3.41. The zero-order chi connectivity index (χ0) is 15.7. The normalized spacial score (nSPS) is 10.8. The van der Waals surface area contributed by atoms with E-state index in [0.29, 0.717) is 12.1 Å². The van der Waals surface area contributed by atoms with E-state index in [0.717, 1.165) is 20.9 Å². The summed E-state index contributed by atoms with van der Waals surface area (Å²) in [5.41, 5.74) is 2.32. The number of phenols is 1. The number of nitrogens with zero attached hydrogens (tertiary/aromatic N) is 2. The highest BCUT2D eigenvalue weighted by Gasteiger charge is 2.10. The Morgan fingerprint density at radius 1 is 1.32 bits per heavy atom. The number of aromatic nitrogens is 2. The van der Waals surface area contributed by atoms with Crippen molar-refractivity contribution >= 4 is 32.8 Å². The topological polar surface area (TPSA) is 64.3 Å². The summed E-state index contributed by atoms with van der Waals surface area (Å²) in [6, 6.07) is 10.4. The molecule has 2 aromatic carbocycles. The first-order valence-electron chi connectivity index (χ1n) is 6.60. The Bertz CT molecular complexity index is 858. The van der Waals surface area contributed by atoms with E-state index in [1.54, 1.807) is 36.5 Å². The maximum atomic E-state index is 11.6. The molecule has 22 heavy (non-hydrogen) atoms. The van der Waals surface area contributed by atoms with E-state index in [1.807, 2.05) is 10.7 Å². The first-order chi connectivity index (χ1) is 10.6. The molecule has 0 saturated carbocycles. The number of phenolic OH excluding ortho intramolecular Hbond substituents is 1. The minimum absolute atomic E-state index is 0.211. The summed E-state index contributed by atoms with van der Waals surface area (Å²) >= 11 is 3.47. The zero-order valence-electron chi connectivity index (χ0n) is 11.8. The van der Waals surface area contributed by atoms with Gasteiger partial charge in [-0.15, -0.1) is 0 Å². The summed E-state index contributed by atoms with van der Waals surface area (Å²) < 4.78 is 7.43. The van der Waals surface area contributed by atoms with Gasteiger partial charge in [0.15, 0.2) is 0 Å². The van der Waals surface area contributed by atoms with Crippen molar-refractivity contribution in [3.63, 3.8) is 0 Å². The molecule has 1 N–H and O–H groups in total. The molecule has 0 amide bonds. The maximum Gasteiger partial charge on any atom is 0.337 e. The second-order valence-corrected chi connectivity index (χ2v) is 5.70. The highest BCUT2D eigenvalue weighted by molar-refractivity contribution is 9.10. The second kappa shape index (κ2) is 5.81. The Morgan fingerprint density at radius 2 is 2.14 bits per heavy atom. The lowest BCUT2D eigenvalue weighted by Crippen LogP contribution is -2.03. The number of fused-ring (bicyclic) bond motifs is 1. The first kappa shape index (κ1) is 14.6. The second-order valence-electron chi connectivity index (χ2n) is 4.84. The van der Waals surface area contributed by atoms with Crippen LogP contribution in [0.5, 0.6) is 5.75 Å². The Balaban J connectivity index is 1.98. The SMILES string of the molecule is COC(=O)c1ccc2c(cnn2Cc2cc(O)ccc2Br)c1. The van der Waals surface area contributed by atoms with Gasteiger partial charge in [0.25, 0.3) is 0 Å². The summed E-state index contributed by atoms with van der Waals surface area (Å²) in [4.78, 5) is 11.6. The lowest BCUT2D eigenvalue weighted by atomic mass is 10.1. The number of halogens is 1. The number of hydrogen-bond donors (Lipinski definition) is 1. The molecule has 0 saturated heterocycles.